The molecule has 11 heteroatoms. The molecule has 0 aromatic carbocycles. The maximum Gasteiger partial charge on any atom is 0.387 e. The molecule has 32 heavy (non-hydrogen) atoms. The molecular formula is C21H24F2N6O3. The smallest absolute Gasteiger partial charge is 0.387 e. The lowest BCUT2D eigenvalue weighted by atomic mass is 10.0. The summed E-state index contributed by atoms with van der Waals surface area (Å²) in [5.41, 5.74) is 6.86. The Kier molecular flexibility index (Phi) is 4.76. The van der Waals surface area contributed by atoms with Crippen LogP contribution < -0.4 is 20.3 Å². The van der Waals surface area contributed by atoms with Gasteiger partial charge in [0.05, 0.1) is 37.7 Å². The molecule has 0 amide bonds. The van der Waals surface area contributed by atoms with E-state index >= 15 is 0 Å². The maximum atomic E-state index is 12.8. The zero-order valence-electron chi connectivity index (χ0n) is 17.4. The Morgan fingerprint density at radius 1 is 1.09 bits per heavy atom. The summed E-state index contributed by atoms with van der Waals surface area (Å²) in [5, 5.41) is 0. The number of alkyl halides is 2. The number of nitrogens with zero attached hydrogens (tertiary/aromatic N) is 5. The van der Waals surface area contributed by atoms with Gasteiger partial charge < -0.3 is 29.7 Å². The third-order valence-electron chi connectivity index (χ3n) is 6.81. The van der Waals surface area contributed by atoms with Crippen LogP contribution in [0.15, 0.2) is 18.3 Å². The summed E-state index contributed by atoms with van der Waals surface area (Å²) in [6.45, 7) is 1.66. The van der Waals surface area contributed by atoms with Crippen molar-refractivity contribution in [3.63, 3.8) is 0 Å². The van der Waals surface area contributed by atoms with Gasteiger partial charge in [-0.2, -0.15) is 13.8 Å². The van der Waals surface area contributed by atoms with Crippen molar-refractivity contribution in [1.29, 1.82) is 0 Å². The summed E-state index contributed by atoms with van der Waals surface area (Å²) < 4.78 is 41.5. The van der Waals surface area contributed by atoms with Crippen molar-refractivity contribution < 1.29 is 23.0 Å². The van der Waals surface area contributed by atoms with Crippen molar-refractivity contribution in [2.75, 3.05) is 55.0 Å². The van der Waals surface area contributed by atoms with Crippen molar-refractivity contribution >= 4 is 17.6 Å². The Hall–Kier alpha value is -2.79. The van der Waals surface area contributed by atoms with Gasteiger partial charge in [-0.25, -0.2) is 9.97 Å². The summed E-state index contributed by atoms with van der Waals surface area (Å²) >= 11 is 0. The molecule has 2 aromatic heterocycles. The minimum absolute atomic E-state index is 0.0927. The van der Waals surface area contributed by atoms with Gasteiger partial charge in [0.2, 0.25) is 5.95 Å². The van der Waals surface area contributed by atoms with E-state index in [9.17, 15) is 8.78 Å². The predicted molar refractivity (Wildman–Crippen MR) is 112 cm³/mol. The minimum Gasteiger partial charge on any atom is -0.431 e. The van der Waals surface area contributed by atoms with E-state index in [4.69, 9.17) is 25.2 Å². The topological polar surface area (TPSA) is 98.9 Å². The van der Waals surface area contributed by atoms with Gasteiger partial charge in [-0.05, 0) is 12.5 Å². The van der Waals surface area contributed by atoms with Crippen molar-refractivity contribution in [1.82, 2.24) is 15.0 Å². The summed E-state index contributed by atoms with van der Waals surface area (Å²) in [5.74, 6) is 2.13. The van der Waals surface area contributed by atoms with Gasteiger partial charge >= 0.3 is 6.61 Å². The summed E-state index contributed by atoms with van der Waals surface area (Å²) in [6, 6.07) is 3.61. The molecule has 6 heterocycles. The zero-order chi connectivity index (χ0) is 21.8. The number of ether oxygens (including phenoxy) is 3. The first-order chi connectivity index (χ1) is 15.5. The maximum absolute atomic E-state index is 12.8. The zero-order valence-corrected chi connectivity index (χ0v) is 17.4. The first-order valence-electron chi connectivity index (χ1n) is 10.8. The number of aromatic nitrogens is 3. The first-order valence-corrected chi connectivity index (χ1v) is 10.8. The fraction of sp³-hybridized carbons (Fsp3) is 0.571. The second-order valence-electron chi connectivity index (χ2n) is 8.86. The second kappa shape index (κ2) is 7.66. The largest absolute Gasteiger partial charge is 0.431 e. The first kappa shape index (κ1) is 19.9. The van der Waals surface area contributed by atoms with Gasteiger partial charge in [0.1, 0.15) is 5.82 Å². The highest BCUT2D eigenvalue weighted by atomic mass is 19.3. The Balaban J connectivity index is 1.38. The molecule has 4 saturated heterocycles. The lowest BCUT2D eigenvalue weighted by Gasteiger charge is -2.29. The fourth-order valence-corrected chi connectivity index (χ4v) is 5.17. The molecule has 4 aliphatic rings. The van der Waals surface area contributed by atoms with E-state index in [2.05, 4.69) is 19.5 Å². The molecule has 0 aliphatic carbocycles. The highest BCUT2D eigenvalue weighted by molar-refractivity contribution is 5.68. The van der Waals surface area contributed by atoms with Crippen LogP contribution in [-0.2, 0) is 9.47 Å². The Morgan fingerprint density at radius 3 is 2.59 bits per heavy atom. The molecule has 9 nitrogen and oxygen atoms in total. The van der Waals surface area contributed by atoms with Crippen LogP contribution in [0, 0.1) is 11.8 Å². The molecule has 4 atom stereocenters. The number of halogens is 2. The van der Waals surface area contributed by atoms with E-state index in [0.717, 1.165) is 45.1 Å². The summed E-state index contributed by atoms with van der Waals surface area (Å²) in [7, 11) is 0. The van der Waals surface area contributed by atoms with Gasteiger partial charge in [-0.15, -0.1) is 0 Å². The van der Waals surface area contributed by atoms with Crippen molar-refractivity contribution in [3.8, 4) is 17.0 Å². The van der Waals surface area contributed by atoms with Crippen LogP contribution in [0.3, 0.4) is 0 Å². The van der Waals surface area contributed by atoms with Crippen LogP contribution in [0.4, 0.5) is 26.4 Å². The molecule has 2 N–H and O–H groups in total. The average molecular weight is 446 g/mol. The van der Waals surface area contributed by atoms with Crippen LogP contribution in [0.25, 0.3) is 11.3 Å². The molecule has 6 rings (SSSR count). The average Bonchev–Trinajstić information content (AvgIpc) is 3.55. The van der Waals surface area contributed by atoms with E-state index in [1.54, 1.807) is 0 Å². The lowest BCUT2D eigenvalue weighted by molar-refractivity contribution is -0.0494. The highest BCUT2D eigenvalue weighted by Gasteiger charge is 2.41. The number of fused-ring (bicyclic) bond motifs is 3. The molecule has 2 bridgehead atoms. The number of morpholine rings is 1. The number of anilines is 3. The SMILES string of the molecule is Nc1ncc(-c2cc(N3CC4CC3CO4)nc(N3CC4COCC4C3)n2)cc1OC(F)F. The fourth-order valence-electron chi connectivity index (χ4n) is 5.17. The lowest BCUT2D eigenvalue weighted by Crippen LogP contribution is -2.38. The molecule has 4 unspecified atom stereocenters. The standard InChI is InChI=1S/C21H24F2N6O3/c22-20(23)32-17-1-11(4-25-19(17)24)16-3-18(29-7-15-2-14(29)10-31-15)27-21(26-16)28-5-12-8-30-9-13(12)6-28/h1,3-4,12-15,20H,2,5-10H2,(H2,24,25). The third kappa shape index (κ3) is 3.49. The third-order valence-corrected chi connectivity index (χ3v) is 6.81. The molecule has 0 spiro atoms. The van der Waals surface area contributed by atoms with Crippen LogP contribution >= 0.6 is 0 Å². The number of rotatable bonds is 5. The van der Waals surface area contributed by atoms with E-state index in [1.807, 2.05) is 6.07 Å². The number of pyridine rings is 1. The summed E-state index contributed by atoms with van der Waals surface area (Å²) in [6.07, 6.45) is 2.72. The quantitative estimate of drug-likeness (QED) is 0.737. The molecule has 4 aliphatic heterocycles. The second-order valence-corrected chi connectivity index (χ2v) is 8.86. The molecule has 4 fully saturated rings. The number of nitrogen functional groups attached to an aromatic ring is 1. The predicted octanol–water partition coefficient (Wildman–Crippen LogP) is 1.78. The Bertz CT molecular complexity index is 1020. The van der Waals surface area contributed by atoms with Gasteiger partial charge in [-0.1, -0.05) is 0 Å². The number of nitrogens with two attached hydrogens (primary N) is 1. The Labute approximate surface area is 183 Å². The summed E-state index contributed by atoms with van der Waals surface area (Å²) in [4.78, 5) is 18.2. The Morgan fingerprint density at radius 2 is 1.91 bits per heavy atom. The van der Waals surface area contributed by atoms with Crippen LogP contribution in [-0.4, -0.2) is 73.2 Å². The van der Waals surface area contributed by atoms with E-state index in [0.29, 0.717) is 35.6 Å². The molecular weight excluding hydrogens is 422 g/mol. The van der Waals surface area contributed by atoms with E-state index in [-0.39, 0.29) is 23.7 Å². The molecule has 0 saturated carbocycles. The van der Waals surface area contributed by atoms with Gasteiger partial charge in [0, 0.05) is 49.3 Å². The highest BCUT2D eigenvalue weighted by Crippen LogP contribution is 2.37. The van der Waals surface area contributed by atoms with E-state index in [1.165, 1.54) is 12.3 Å². The van der Waals surface area contributed by atoms with Gasteiger partial charge in [0.25, 0.3) is 0 Å². The normalized spacial score (nSPS) is 28.7. The number of hydrogen-bond acceptors (Lipinski definition) is 9. The van der Waals surface area contributed by atoms with Gasteiger partial charge in [-0.3, -0.25) is 0 Å². The molecule has 2 aromatic rings. The van der Waals surface area contributed by atoms with Crippen LogP contribution in [0.5, 0.6) is 5.75 Å². The van der Waals surface area contributed by atoms with Crippen LogP contribution in [0.1, 0.15) is 6.42 Å². The van der Waals surface area contributed by atoms with Crippen molar-refractivity contribution in [2.24, 2.45) is 11.8 Å². The molecule has 170 valence electrons. The molecule has 0 radical (unpaired) electrons. The number of hydrogen-bond donors (Lipinski definition) is 1. The van der Waals surface area contributed by atoms with Gasteiger partial charge in [0.15, 0.2) is 11.6 Å². The van der Waals surface area contributed by atoms with E-state index < -0.39 is 6.61 Å². The minimum atomic E-state index is -2.99. The van der Waals surface area contributed by atoms with Crippen molar-refractivity contribution in [2.45, 2.75) is 25.2 Å². The monoisotopic (exact) mass is 446 g/mol. The van der Waals surface area contributed by atoms with Crippen LogP contribution in [0.2, 0.25) is 0 Å². The van der Waals surface area contributed by atoms with Crippen molar-refractivity contribution in [3.05, 3.63) is 18.3 Å².